The van der Waals surface area contributed by atoms with Crippen molar-refractivity contribution in [3.05, 3.63) is 42.2 Å². The van der Waals surface area contributed by atoms with Crippen LogP contribution in [0.25, 0.3) is 0 Å². The second-order valence-corrected chi connectivity index (χ2v) is 7.53. The molecule has 1 aromatic carbocycles. The van der Waals surface area contributed by atoms with Gasteiger partial charge < -0.3 is 14.4 Å². The van der Waals surface area contributed by atoms with Crippen LogP contribution in [-0.4, -0.2) is 50.7 Å². The van der Waals surface area contributed by atoms with Gasteiger partial charge in [0.2, 0.25) is 0 Å². The molecule has 0 aliphatic carbocycles. The van der Waals surface area contributed by atoms with Crippen molar-refractivity contribution in [2.24, 2.45) is 7.05 Å². The van der Waals surface area contributed by atoms with Crippen LogP contribution in [0.1, 0.15) is 30.1 Å². The van der Waals surface area contributed by atoms with Crippen LogP contribution in [0.3, 0.4) is 0 Å². The number of aromatic hydroxyl groups is 1. The molecule has 0 spiro atoms. The first-order chi connectivity index (χ1) is 12.6. The van der Waals surface area contributed by atoms with Gasteiger partial charge in [-0.15, -0.1) is 16.8 Å². The average molecular weight is 375 g/mol. The van der Waals surface area contributed by atoms with Crippen molar-refractivity contribution in [1.29, 1.82) is 0 Å². The minimum Gasteiger partial charge on any atom is -0.504 e. The zero-order valence-corrected chi connectivity index (χ0v) is 16.2. The van der Waals surface area contributed by atoms with Gasteiger partial charge in [0, 0.05) is 37.4 Å². The van der Waals surface area contributed by atoms with Crippen LogP contribution >= 0.6 is 11.8 Å². The third-order valence-electron chi connectivity index (χ3n) is 4.77. The van der Waals surface area contributed by atoms with Gasteiger partial charge in [0.25, 0.3) is 0 Å². The molecule has 7 heteroatoms. The number of hydrogen-bond acceptors (Lipinski definition) is 6. The molecule has 6 nitrogen and oxygen atoms in total. The number of thioether (sulfide) groups is 1. The molecule has 2 aromatic rings. The molecule has 1 aromatic heterocycles. The summed E-state index contributed by atoms with van der Waals surface area (Å²) in [4.78, 5) is 2.37. The fourth-order valence-electron chi connectivity index (χ4n) is 3.45. The van der Waals surface area contributed by atoms with Gasteiger partial charge in [0.05, 0.1) is 7.11 Å². The van der Waals surface area contributed by atoms with Crippen LogP contribution in [-0.2, 0) is 13.6 Å². The number of para-hydroxylation sites is 1. The predicted octanol–water partition coefficient (Wildman–Crippen LogP) is 3.19. The maximum Gasteiger partial charge on any atom is 0.191 e. The number of ether oxygens (including phenoxy) is 1. The Morgan fingerprint density at radius 1 is 1.42 bits per heavy atom. The van der Waals surface area contributed by atoms with Crippen molar-refractivity contribution in [2.45, 2.75) is 30.5 Å². The first kappa shape index (κ1) is 18.8. The quantitative estimate of drug-likeness (QED) is 0.593. The molecule has 1 aliphatic rings. The van der Waals surface area contributed by atoms with E-state index < -0.39 is 0 Å². The van der Waals surface area contributed by atoms with Crippen molar-refractivity contribution in [3.63, 3.8) is 0 Å². The van der Waals surface area contributed by atoms with E-state index in [1.807, 2.05) is 25.3 Å². The fourth-order valence-corrected chi connectivity index (χ4v) is 4.10. The highest BCUT2D eigenvalue weighted by Gasteiger charge is 2.26. The zero-order valence-electron chi connectivity index (χ0n) is 15.4. The minimum absolute atomic E-state index is 0.235. The van der Waals surface area contributed by atoms with Gasteiger partial charge in [-0.3, -0.25) is 4.90 Å². The van der Waals surface area contributed by atoms with Gasteiger partial charge in [-0.2, -0.15) is 0 Å². The summed E-state index contributed by atoms with van der Waals surface area (Å²) in [6, 6.07) is 5.65. The smallest absolute Gasteiger partial charge is 0.191 e. The Morgan fingerprint density at radius 2 is 2.27 bits per heavy atom. The van der Waals surface area contributed by atoms with Crippen LogP contribution in [0.15, 0.2) is 36.0 Å². The van der Waals surface area contributed by atoms with Gasteiger partial charge in [-0.05, 0) is 25.5 Å². The molecule has 1 unspecified atom stereocenters. The third-order valence-corrected chi connectivity index (χ3v) is 5.78. The normalized spacial score (nSPS) is 18.0. The SMILES string of the molecule is C=CCSc1nnc(C2CCCN(Cc3cccc(OC)c3O)C2)n1C. The molecule has 0 saturated carbocycles. The fraction of sp³-hybridized carbons (Fsp3) is 0.474. The van der Waals surface area contributed by atoms with Gasteiger partial charge in [0.1, 0.15) is 5.82 Å². The summed E-state index contributed by atoms with van der Waals surface area (Å²) in [5.74, 6) is 2.98. The molecule has 1 saturated heterocycles. The highest BCUT2D eigenvalue weighted by atomic mass is 32.2. The first-order valence-electron chi connectivity index (χ1n) is 8.84. The molecule has 1 N–H and O–H groups in total. The molecular formula is C19H26N4O2S. The van der Waals surface area contributed by atoms with E-state index in [0.717, 1.165) is 48.2 Å². The number of phenolic OH excluding ortho intramolecular Hbond substituents is 1. The lowest BCUT2D eigenvalue weighted by Crippen LogP contribution is -2.34. The zero-order chi connectivity index (χ0) is 18.5. The van der Waals surface area contributed by atoms with Gasteiger partial charge in [-0.25, -0.2) is 0 Å². The Bertz CT molecular complexity index is 762. The van der Waals surface area contributed by atoms with Gasteiger partial charge >= 0.3 is 0 Å². The minimum atomic E-state index is 0.235. The molecule has 0 bridgehead atoms. The Morgan fingerprint density at radius 3 is 3.04 bits per heavy atom. The summed E-state index contributed by atoms with van der Waals surface area (Å²) in [5, 5.41) is 20.0. The highest BCUT2D eigenvalue weighted by molar-refractivity contribution is 7.99. The standard InChI is InChI=1S/C19H26N4O2S/c1-4-11-26-19-21-20-18(22(19)2)15-8-6-10-23(13-15)12-14-7-5-9-16(25-3)17(14)24/h4-5,7,9,15,24H,1,6,8,10-13H2,2-3H3. The number of phenols is 1. The molecule has 3 rings (SSSR count). The van der Waals surface area contributed by atoms with Crippen molar-refractivity contribution in [2.75, 3.05) is 26.0 Å². The van der Waals surface area contributed by atoms with E-state index in [-0.39, 0.29) is 5.75 Å². The maximum atomic E-state index is 10.3. The number of nitrogens with zero attached hydrogens (tertiary/aromatic N) is 4. The largest absolute Gasteiger partial charge is 0.504 e. The number of likely N-dealkylation sites (tertiary alicyclic amines) is 1. The van der Waals surface area contributed by atoms with Crippen LogP contribution in [0.4, 0.5) is 0 Å². The van der Waals surface area contributed by atoms with E-state index in [0.29, 0.717) is 18.2 Å². The summed E-state index contributed by atoms with van der Waals surface area (Å²) in [5.41, 5.74) is 0.894. The summed E-state index contributed by atoms with van der Waals surface area (Å²) in [7, 11) is 3.61. The van der Waals surface area contributed by atoms with Crippen LogP contribution in [0.2, 0.25) is 0 Å². The number of hydrogen-bond donors (Lipinski definition) is 1. The Hall–Kier alpha value is -1.99. The first-order valence-corrected chi connectivity index (χ1v) is 9.82. The van der Waals surface area contributed by atoms with E-state index in [1.165, 1.54) is 0 Å². The molecule has 26 heavy (non-hydrogen) atoms. The number of benzene rings is 1. The molecule has 0 radical (unpaired) electrons. The van der Waals surface area contributed by atoms with Crippen molar-refractivity contribution in [3.8, 4) is 11.5 Å². The number of aromatic nitrogens is 3. The van der Waals surface area contributed by atoms with E-state index in [4.69, 9.17) is 4.74 Å². The molecule has 1 fully saturated rings. The number of rotatable bonds is 7. The van der Waals surface area contributed by atoms with E-state index in [2.05, 4.69) is 26.2 Å². The summed E-state index contributed by atoms with van der Waals surface area (Å²) in [6.07, 6.45) is 4.10. The summed E-state index contributed by atoms with van der Waals surface area (Å²) < 4.78 is 7.32. The lowest BCUT2D eigenvalue weighted by atomic mass is 9.96. The lowest BCUT2D eigenvalue weighted by molar-refractivity contribution is 0.192. The summed E-state index contributed by atoms with van der Waals surface area (Å²) in [6.45, 7) is 6.39. The topological polar surface area (TPSA) is 63.4 Å². The second kappa shape index (κ2) is 8.60. The van der Waals surface area contributed by atoms with Crippen molar-refractivity contribution >= 4 is 11.8 Å². The molecule has 0 amide bonds. The Balaban J connectivity index is 1.70. The second-order valence-electron chi connectivity index (χ2n) is 6.54. The van der Waals surface area contributed by atoms with E-state index in [1.54, 1.807) is 24.9 Å². The molecule has 2 heterocycles. The Kier molecular flexibility index (Phi) is 6.21. The molecule has 1 aliphatic heterocycles. The number of methoxy groups -OCH3 is 1. The molecular weight excluding hydrogens is 348 g/mol. The van der Waals surface area contributed by atoms with Crippen LogP contribution in [0.5, 0.6) is 11.5 Å². The predicted molar refractivity (Wildman–Crippen MR) is 104 cm³/mol. The van der Waals surface area contributed by atoms with Gasteiger partial charge in [-0.1, -0.05) is 30.0 Å². The average Bonchev–Trinajstić information content (AvgIpc) is 3.02. The van der Waals surface area contributed by atoms with Crippen molar-refractivity contribution in [1.82, 2.24) is 19.7 Å². The van der Waals surface area contributed by atoms with Crippen LogP contribution in [0, 0.1) is 0 Å². The summed E-state index contributed by atoms with van der Waals surface area (Å²) >= 11 is 1.65. The van der Waals surface area contributed by atoms with E-state index >= 15 is 0 Å². The van der Waals surface area contributed by atoms with Crippen molar-refractivity contribution < 1.29 is 9.84 Å². The lowest BCUT2D eigenvalue weighted by Gasteiger charge is -2.32. The highest BCUT2D eigenvalue weighted by Crippen LogP contribution is 2.33. The maximum absolute atomic E-state index is 10.3. The number of piperidine rings is 1. The van der Waals surface area contributed by atoms with E-state index in [9.17, 15) is 5.11 Å². The monoisotopic (exact) mass is 374 g/mol. The molecule has 140 valence electrons. The Labute approximate surface area is 158 Å². The third kappa shape index (κ3) is 4.04. The van der Waals surface area contributed by atoms with Crippen LogP contribution < -0.4 is 4.74 Å². The van der Waals surface area contributed by atoms with Gasteiger partial charge in [0.15, 0.2) is 16.7 Å². The molecule has 1 atom stereocenters.